The molecular weight excluding hydrogens is 299 g/mol. The Labute approximate surface area is 128 Å². The number of nitrogens with two attached hydrogens (primary N) is 1. The summed E-state index contributed by atoms with van der Waals surface area (Å²) in [5.41, 5.74) is 6.67. The van der Waals surface area contributed by atoms with Crippen molar-refractivity contribution in [2.24, 2.45) is 0 Å². The van der Waals surface area contributed by atoms with Gasteiger partial charge in [-0.1, -0.05) is 23.2 Å². The van der Waals surface area contributed by atoms with Crippen LogP contribution in [0, 0.1) is 0 Å². The van der Waals surface area contributed by atoms with Gasteiger partial charge in [0.15, 0.2) is 0 Å². The van der Waals surface area contributed by atoms with Gasteiger partial charge < -0.3 is 15.4 Å². The third-order valence-corrected chi connectivity index (χ3v) is 3.97. The zero-order valence-corrected chi connectivity index (χ0v) is 13.3. The molecule has 1 aliphatic rings. The number of amides is 1. The van der Waals surface area contributed by atoms with E-state index in [-0.39, 0.29) is 24.2 Å². The lowest BCUT2D eigenvalue weighted by Gasteiger charge is -2.41. The molecule has 0 spiro atoms. The maximum Gasteiger partial charge on any atom is 0.249 e. The summed E-state index contributed by atoms with van der Waals surface area (Å²) in [5, 5.41) is 0.797. The predicted molar refractivity (Wildman–Crippen MR) is 81.0 cm³/mol. The Balaban J connectivity index is 2.28. The number of hydrogen-bond donors (Lipinski definition) is 1. The smallest absolute Gasteiger partial charge is 0.249 e. The van der Waals surface area contributed by atoms with E-state index in [1.54, 1.807) is 17.0 Å². The van der Waals surface area contributed by atoms with Crippen LogP contribution >= 0.6 is 23.2 Å². The first-order valence-corrected chi connectivity index (χ1v) is 7.12. The Bertz CT molecular complexity index is 517. The van der Waals surface area contributed by atoms with Crippen molar-refractivity contribution in [3.05, 3.63) is 27.7 Å². The first-order chi connectivity index (χ1) is 9.20. The molecule has 2 N–H and O–H groups in total. The normalized spacial score (nSPS) is 20.4. The van der Waals surface area contributed by atoms with Crippen molar-refractivity contribution in [1.82, 2.24) is 4.90 Å². The molecule has 110 valence electrons. The largest absolute Gasteiger partial charge is 0.396 e. The van der Waals surface area contributed by atoms with Crippen molar-refractivity contribution in [3.8, 4) is 0 Å². The molecule has 0 aliphatic carbocycles. The maximum absolute atomic E-state index is 11.9. The average Bonchev–Trinajstić information content (AvgIpc) is 2.34. The van der Waals surface area contributed by atoms with Crippen LogP contribution in [0.5, 0.6) is 0 Å². The van der Waals surface area contributed by atoms with E-state index in [1.165, 1.54) is 0 Å². The van der Waals surface area contributed by atoms with Gasteiger partial charge in [0.05, 0.1) is 22.3 Å². The van der Waals surface area contributed by atoms with Crippen molar-refractivity contribution in [2.75, 3.05) is 18.9 Å². The number of carbonyl (C=O) groups is 1. The van der Waals surface area contributed by atoms with Crippen molar-refractivity contribution < 1.29 is 9.53 Å². The van der Waals surface area contributed by atoms with Crippen LogP contribution in [0.3, 0.4) is 0 Å². The van der Waals surface area contributed by atoms with Gasteiger partial charge in [-0.05, 0) is 38.5 Å². The summed E-state index contributed by atoms with van der Waals surface area (Å²) in [7, 11) is 0. The Morgan fingerprint density at radius 3 is 2.35 bits per heavy atom. The first kappa shape index (κ1) is 15.4. The lowest BCUT2D eigenvalue weighted by atomic mass is 10.0. The van der Waals surface area contributed by atoms with Gasteiger partial charge in [-0.2, -0.15) is 0 Å². The zero-order valence-electron chi connectivity index (χ0n) is 11.7. The van der Waals surface area contributed by atoms with Crippen LogP contribution in [0.15, 0.2) is 12.1 Å². The highest BCUT2D eigenvalue weighted by Gasteiger charge is 2.34. The summed E-state index contributed by atoms with van der Waals surface area (Å²) in [6.07, 6.45) is -0.248. The van der Waals surface area contributed by atoms with E-state index in [1.807, 2.05) is 20.8 Å². The number of rotatable bonds is 1. The molecule has 1 aliphatic heterocycles. The second-order valence-electron chi connectivity index (χ2n) is 5.87. The topological polar surface area (TPSA) is 55.6 Å². The van der Waals surface area contributed by atoms with E-state index in [2.05, 4.69) is 0 Å². The first-order valence-electron chi connectivity index (χ1n) is 6.36. The Hall–Kier alpha value is -0.970. The molecule has 1 aromatic rings. The molecule has 1 saturated heterocycles. The fourth-order valence-corrected chi connectivity index (χ4v) is 2.71. The van der Waals surface area contributed by atoms with Gasteiger partial charge in [0.25, 0.3) is 0 Å². The number of nitrogens with zero attached hydrogens (tertiary/aromatic N) is 1. The average molecular weight is 317 g/mol. The highest BCUT2D eigenvalue weighted by atomic mass is 35.5. The number of benzene rings is 1. The van der Waals surface area contributed by atoms with Gasteiger partial charge in [0, 0.05) is 5.54 Å². The van der Waals surface area contributed by atoms with Crippen molar-refractivity contribution >= 4 is 34.8 Å². The third kappa shape index (κ3) is 3.03. The summed E-state index contributed by atoms with van der Waals surface area (Å²) in [6.45, 7) is 6.52. The summed E-state index contributed by atoms with van der Waals surface area (Å²) in [4.78, 5) is 13.7. The molecule has 0 aromatic heterocycles. The minimum atomic E-state index is -0.249. The van der Waals surface area contributed by atoms with E-state index >= 15 is 0 Å². The second kappa shape index (κ2) is 5.43. The van der Waals surface area contributed by atoms with Crippen LogP contribution in [-0.4, -0.2) is 29.5 Å². The number of carbonyl (C=O) groups excluding carboxylic acids is 1. The Morgan fingerprint density at radius 1 is 1.30 bits per heavy atom. The standard InChI is InChI=1S/C14H18Cl2N2O2/c1-14(2,3)18-6-11(20-7-12(18)19)8-4-9(15)13(17)10(16)5-8/h4-5,11H,6-7,17H2,1-3H3. The zero-order chi connectivity index (χ0) is 15.1. The summed E-state index contributed by atoms with van der Waals surface area (Å²) in [5.74, 6) is -0.0126. The monoisotopic (exact) mass is 316 g/mol. The SMILES string of the molecule is CC(C)(C)N1CC(c2cc(Cl)c(N)c(Cl)c2)OCC1=O. The second-order valence-corrected chi connectivity index (χ2v) is 6.69. The van der Waals surface area contributed by atoms with Gasteiger partial charge in [0.1, 0.15) is 12.7 Å². The van der Waals surface area contributed by atoms with Gasteiger partial charge in [-0.15, -0.1) is 0 Å². The summed E-state index contributed by atoms with van der Waals surface area (Å²) < 4.78 is 5.60. The van der Waals surface area contributed by atoms with E-state index in [9.17, 15) is 4.79 Å². The molecule has 4 nitrogen and oxygen atoms in total. The molecule has 6 heteroatoms. The van der Waals surface area contributed by atoms with Crippen molar-refractivity contribution in [3.63, 3.8) is 0 Å². The molecule has 1 atom stereocenters. The molecule has 1 amide bonds. The fourth-order valence-electron chi connectivity index (χ4n) is 2.21. The van der Waals surface area contributed by atoms with Gasteiger partial charge in [0.2, 0.25) is 5.91 Å². The number of halogens is 2. The Morgan fingerprint density at radius 2 is 1.85 bits per heavy atom. The summed E-state index contributed by atoms with van der Waals surface area (Å²) in [6, 6.07) is 3.48. The lowest BCUT2D eigenvalue weighted by Crippen LogP contribution is -2.52. The van der Waals surface area contributed by atoms with E-state index < -0.39 is 0 Å². The molecule has 1 aromatic carbocycles. The molecule has 20 heavy (non-hydrogen) atoms. The highest BCUT2D eigenvalue weighted by molar-refractivity contribution is 6.38. The lowest BCUT2D eigenvalue weighted by molar-refractivity contribution is -0.156. The number of hydrogen-bond acceptors (Lipinski definition) is 3. The van der Waals surface area contributed by atoms with E-state index in [4.69, 9.17) is 33.7 Å². The van der Waals surface area contributed by atoms with Crippen molar-refractivity contribution in [1.29, 1.82) is 0 Å². The van der Waals surface area contributed by atoms with Crippen LogP contribution in [-0.2, 0) is 9.53 Å². The molecule has 0 radical (unpaired) electrons. The van der Waals surface area contributed by atoms with Crippen molar-refractivity contribution in [2.45, 2.75) is 32.4 Å². The molecular formula is C14H18Cl2N2O2. The minimum Gasteiger partial charge on any atom is -0.396 e. The fraction of sp³-hybridized carbons (Fsp3) is 0.500. The van der Waals surface area contributed by atoms with Crippen LogP contribution in [0.4, 0.5) is 5.69 Å². The van der Waals surface area contributed by atoms with Crippen LogP contribution in [0.25, 0.3) is 0 Å². The molecule has 0 saturated carbocycles. The van der Waals surface area contributed by atoms with Crippen LogP contribution in [0.1, 0.15) is 32.4 Å². The number of nitrogen functional groups attached to an aromatic ring is 1. The maximum atomic E-state index is 11.9. The number of anilines is 1. The van der Waals surface area contributed by atoms with E-state index in [0.717, 1.165) is 5.56 Å². The Kier molecular flexibility index (Phi) is 4.19. The van der Waals surface area contributed by atoms with Gasteiger partial charge in [-0.3, -0.25) is 4.79 Å². The summed E-state index contributed by atoms with van der Waals surface area (Å²) >= 11 is 12.1. The minimum absolute atomic E-state index is 0.0126. The highest BCUT2D eigenvalue weighted by Crippen LogP contribution is 2.34. The van der Waals surface area contributed by atoms with Gasteiger partial charge >= 0.3 is 0 Å². The predicted octanol–water partition coefficient (Wildman–Crippen LogP) is 3.27. The molecule has 1 heterocycles. The van der Waals surface area contributed by atoms with E-state index in [0.29, 0.717) is 22.3 Å². The number of morpholine rings is 1. The molecule has 1 unspecified atom stereocenters. The molecule has 2 rings (SSSR count). The molecule has 1 fully saturated rings. The molecule has 0 bridgehead atoms. The number of ether oxygens (including phenoxy) is 1. The third-order valence-electron chi connectivity index (χ3n) is 3.34. The quantitative estimate of drug-likeness (QED) is 0.809. The van der Waals surface area contributed by atoms with Crippen LogP contribution < -0.4 is 5.73 Å². The van der Waals surface area contributed by atoms with Crippen LogP contribution in [0.2, 0.25) is 10.0 Å². The van der Waals surface area contributed by atoms with Gasteiger partial charge in [-0.25, -0.2) is 0 Å².